The van der Waals surface area contributed by atoms with Crippen LogP contribution in [0.1, 0.15) is 33.4 Å². The Balaban J connectivity index is 1.56. The predicted octanol–water partition coefficient (Wildman–Crippen LogP) is 2.19. The lowest BCUT2D eigenvalue weighted by molar-refractivity contribution is 0.101. The minimum atomic E-state index is -0.418. The number of pyridine rings is 1. The van der Waals surface area contributed by atoms with E-state index >= 15 is 0 Å². The summed E-state index contributed by atoms with van der Waals surface area (Å²) in [5, 5.41) is 11.4. The lowest BCUT2D eigenvalue weighted by Gasteiger charge is -2.05. The van der Waals surface area contributed by atoms with Crippen LogP contribution in [0.5, 0.6) is 0 Å². The average Bonchev–Trinajstić information content (AvgIpc) is 3.19. The molecule has 4 aromatic heterocycles. The van der Waals surface area contributed by atoms with Gasteiger partial charge in [-0.3, -0.25) is 4.79 Å². The van der Waals surface area contributed by atoms with E-state index in [1.54, 1.807) is 27.5 Å². The molecule has 4 aromatic rings. The van der Waals surface area contributed by atoms with Crippen LogP contribution in [-0.4, -0.2) is 40.3 Å². The molecule has 136 valence electrons. The number of aryl methyl sites for hydroxylation is 4. The SMILES string of the molecule is Cc1cc(C)n2nc(C(=O)Nc3ccc(-n4nc(C)cc4C)nc3)nc2n1. The van der Waals surface area contributed by atoms with Gasteiger partial charge in [0.2, 0.25) is 5.82 Å². The van der Waals surface area contributed by atoms with Crippen LogP contribution in [0.3, 0.4) is 0 Å². The van der Waals surface area contributed by atoms with Crippen LogP contribution in [0.4, 0.5) is 5.69 Å². The van der Waals surface area contributed by atoms with Crippen molar-refractivity contribution in [2.45, 2.75) is 27.7 Å². The smallest absolute Gasteiger partial charge is 0.295 e. The summed E-state index contributed by atoms with van der Waals surface area (Å²) in [6.45, 7) is 7.65. The van der Waals surface area contributed by atoms with E-state index in [-0.39, 0.29) is 5.82 Å². The number of nitrogens with one attached hydrogen (secondary N) is 1. The van der Waals surface area contributed by atoms with Crippen molar-refractivity contribution in [2.75, 3.05) is 5.32 Å². The number of hydrogen-bond acceptors (Lipinski definition) is 6. The van der Waals surface area contributed by atoms with Gasteiger partial charge in [-0.15, -0.1) is 5.10 Å². The zero-order valence-corrected chi connectivity index (χ0v) is 15.4. The Bertz CT molecular complexity index is 1160. The summed E-state index contributed by atoms with van der Waals surface area (Å²) in [7, 11) is 0. The van der Waals surface area contributed by atoms with Gasteiger partial charge >= 0.3 is 0 Å². The first-order valence-corrected chi connectivity index (χ1v) is 8.43. The Labute approximate surface area is 155 Å². The summed E-state index contributed by atoms with van der Waals surface area (Å²) in [6.07, 6.45) is 1.58. The standard InChI is InChI=1S/C18H18N8O/c1-10-7-13(4)26-18(20-10)22-16(24-26)17(27)21-14-5-6-15(19-9-14)25-12(3)8-11(2)23-25/h5-9H,1-4H3,(H,21,27). The molecule has 0 unspecified atom stereocenters. The second kappa shape index (κ2) is 6.27. The van der Waals surface area contributed by atoms with E-state index in [1.807, 2.05) is 39.8 Å². The van der Waals surface area contributed by atoms with Gasteiger partial charge in [-0.05, 0) is 52.0 Å². The number of carbonyl (C=O) groups excluding carboxylic acids is 1. The van der Waals surface area contributed by atoms with Crippen LogP contribution in [0, 0.1) is 27.7 Å². The van der Waals surface area contributed by atoms with Crippen LogP contribution in [-0.2, 0) is 0 Å². The molecule has 1 amide bonds. The molecule has 9 heteroatoms. The molecule has 27 heavy (non-hydrogen) atoms. The summed E-state index contributed by atoms with van der Waals surface area (Å²) in [5.74, 6) is 0.715. The number of amides is 1. The Morgan fingerprint density at radius 2 is 1.74 bits per heavy atom. The minimum absolute atomic E-state index is 0.0545. The zero-order chi connectivity index (χ0) is 19.1. The maximum absolute atomic E-state index is 12.5. The topological polar surface area (TPSA) is 103 Å². The predicted molar refractivity (Wildman–Crippen MR) is 99.0 cm³/mol. The number of fused-ring (bicyclic) bond motifs is 1. The molecule has 9 nitrogen and oxygen atoms in total. The molecule has 0 fully saturated rings. The molecule has 1 N–H and O–H groups in total. The van der Waals surface area contributed by atoms with Gasteiger partial charge in [0.15, 0.2) is 5.82 Å². The summed E-state index contributed by atoms with van der Waals surface area (Å²) in [5.41, 5.74) is 4.14. The van der Waals surface area contributed by atoms with E-state index < -0.39 is 5.91 Å². The fourth-order valence-electron chi connectivity index (χ4n) is 2.90. The van der Waals surface area contributed by atoms with Gasteiger partial charge in [0.05, 0.1) is 17.6 Å². The molecule has 0 atom stereocenters. The summed E-state index contributed by atoms with van der Waals surface area (Å²) in [6, 6.07) is 7.41. The van der Waals surface area contributed by atoms with Gasteiger partial charge < -0.3 is 5.32 Å². The first kappa shape index (κ1) is 16.8. The highest BCUT2D eigenvalue weighted by atomic mass is 16.2. The lowest BCUT2D eigenvalue weighted by Crippen LogP contribution is -2.14. The monoisotopic (exact) mass is 362 g/mol. The number of nitrogens with zero attached hydrogens (tertiary/aromatic N) is 7. The second-order valence-electron chi connectivity index (χ2n) is 6.38. The molecule has 0 aromatic carbocycles. The Morgan fingerprint density at radius 1 is 0.963 bits per heavy atom. The number of anilines is 1. The van der Waals surface area contributed by atoms with Crippen LogP contribution in [0.2, 0.25) is 0 Å². The normalized spacial score (nSPS) is 11.1. The molecule has 0 saturated heterocycles. The lowest BCUT2D eigenvalue weighted by atomic mass is 10.3. The number of aromatic nitrogens is 7. The van der Waals surface area contributed by atoms with Gasteiger partial charge in [0.25, 0.3) is 11.7 Å². The third-order valence-corrected chi connectivity index (χ3v) is 4.05. The van der Waals surface area contributed by atoms with Crippen LogP contribution >= 0.6 is 0 Å². The molecule has 0 spiro atoms. The van der Waals surface area contributed by atoms with Crippen molar-refractivity contribution in [2.24, 2.45) is 0 Å². The fraction of sp³-hybridized carbons (Fsp3) is 0.222. The van der Waals surface area contributed by atoms with Crippen molar-refractivity contribution in [3.63, 3.8) is 0 Å². The highest BCUT2D eigenvalue weighted by Crippen LogP contribution is 2.13. The molecular formula is C18H18N8O. The molecular weight excluding hydrogens is 344 g/mol. The van der Waals surface area contributed by atoms with E-state index in [1.165, 1.54) is 0 Å². The second-order valence-corrected chi connectivity index (χ2v) is 6.38. The molecule has 0 aliphatic heterocycles. The molecule has 4 heterocycles. The van der Waals surface area contributed by atoms with Crippen molar-refractivity contribution >= 4 is 17.4 Å². The largest absolute Gasteiger partial charge is 0.318 e. The Kier molecular flexibility index (Phi) is 3.91. The number of carbonyl (C=O) groups is 1. The van der Waals surface area contributed by atoms with Crippen molar-refractivity contribution < 1.29 is 4.79 Å². The number of rotatable bonds is 3. The molecule has 4 rings (SSSR count). The number of hydrogen-bond donors (Lipinski definition) is 1. The van der Waals surface area contributed by atoms with Crippen molar-refractivity contribution in [1.82, 2.24) is 34.3 Å². The molecule has 0 radical (unpaired) electrons. The highest BCUT2D eigenvalue weighted by molar-refractivity contribution is 6.01. The third kappa shape index (κ3) is 3.14. The van der Waals surface area contributed by atoms with E-state index in [0.29, 0.717) is 17.3 Å². The maximum atomic E-state index is 12.5. The first-order chi connectivity index (χ1) is 12.9. The van der Waals surface area contributed by atoms with Gasteiger partial charge in [-0.25, -0.2) is 19.2 Å². The Morgan fingerprint density at radius 3 is 2.41 bits per heavy atom. The average molecular weight is 362 g/mol. The summed E-state index contributed by atoms with van der Waals surface area (Å²) in [4.78, 5) is 25.3. The quantitative estimate of drug-likeness (QED) is 0.599. The van der Waals surface area contributed by atoms with Gasteiger partial charge in [-0.2, -0.15) is 10.1 Å². The first-order valence-electron chi connectivity index (χ1n) is 8.43. The summed E-state index contributed by atoms with van der Waals surface area (Å²) >= 11 is 0. The van der Waals surface area contributed by atoms with E-state index in [9.17, 15) is 4.79 Å². The van der Waals surface area contributed by atoms with E-state index in [2.05, 4.69) is 30.5 Å². The molecule has 0 aliphatic rings. The summed E-state index contributed by atoms with van der Waals surface area (Å²) < 4.78 is 3.30. The highest BCUT2D eigenvalue weighted by Gasteiger charge is 2.15. The molecule has 0 saturated carbocycles. The molecule has 0 bridgehead atoms. The van der Waals surface area contributed by atoms with Gasteiger partial charge in [-0.1, -0.05) is 0 Å². The minimum Gasteiger partial charge on any atom is -0.318 e. The van der Waals surface area contributed by atoms with E-state index in [0.717, 1.165) is 22.8 Å². The third-order valence-electron chi connectivity index (χ3n) is 4.05. The van der Waals surface area contributed by atoms with Gasteiger partial charge in [0.1, 0.15) is 0 Å². The Hall–Kier alpha value is -3.62. The van der Waals surface area contributed by atoms with Crippen molar-refractivity contribution in [3.8, 4) is 5.82 Å². The maximum Gasteiger partial charge on any atom is 0.295 e. The van der Waals surface area contributed by atoms with E-state index in [4.69, 9.17) is 0 Å². The molecule has 0 aliphatic carbocycles. The van der Waals surface area contributed by atoms with Crippen LogP contribution < -0.4 is 5.32 Å². The van der Waals surface area contributed by atoms with Crippen molar-refractivity contribution in [1.29, 1.82) is 0 Å². The van der Waals surface area contributed by atoms with Crippen LogP contribution in [0.15, 0.2) is 30.5 Å². The van der Waals surface area contributed by atoms with Crippen molar-refractivity contribution in [3.05, 3.63) is 59.1 Å². The fourth-order valence-corrected chi connectivity index (χ4v) is 2.90. The zero-order valence-electron chi connectivity index (χ0n) is 15.4. The van der Waals surface area contributed by atoms with Gasteiger partial charge in [0, 0.05) is 17.1 Å². The van der Waals surface area contributed by atoms with Crippen LogP contribution in [0.25, 0.3) is 11.6 Å².